The molecule has 10 heteroatoms. The molecule has 2 atom stereocenters. The first-order valence-corrected chi connectivity index (χ1v) is 8.39. The first-order valence-electron chi connectivity index (χ1n) is 8.39. The third-order valence-electron chi connectivity index (χ3n) is 3.83. The van der Waals surface area contributed by atoms with Crippen molar-refractivity contribution in [1.29, 1.82) is 0 Å². The Morgan fingerprint density at radius 3 is 2.35 bits per heavy atom. The molecular weight excluding hydrogens is 338 g/mol. The first-order chi connectivity index (χ1) is 12.3. The zero-order chi connectivity index (χ0) is 19.5. The number of aromatic hydroxyl groups is 1. The highest BCUT2D eigenvalue weighted by Gasteiger charge is 2.20. The van der Waals surface area contributed by atoms with Crippen LogP contribution in [0.2, 0.25) is 0 Å². The second-order valence-corrected chi connectivity index (χ2v) is 6.08. The summed E-state index contributed by atoms with van der Waals surface area (Å²) in [6.07, 6.45) is 1.10. The highest BCUT2D eigenvalue weighted by molar-refractivity contribution is 5.87. The van der Waals surface area contributed by atoms with Gasteiger partial charge in [0, 0.05) is 18.9 Å². The van der Waals surface area contributed by atoms with E-state index in [1.54, 1.807) is 12.1 Å². The average molecular weight is 367 g/mol. The third-order valence-corrected chi connectivity index (χ3v) is 3.83. The van der Waals surface area contributed by atoms with Crippen molar-refractivity contribution >= 4 is 11.8 Å². The lowest BCUT2D eigenvalue weighted by Crippen LogP contribution is -2.48. The van der Waals surface area contributed by atoms with E-state index in [0.29, 0.717) is 13.0 Å². The maximum Gasteiger partial charge on any atom is 0.240 e. The number of nitrogens with two attached hydrogens (primary N) is 4. The fraction of sp³-hybridized carbons (Fsp3) is 0.500. The second kappa shape index (κ2) is 11.4. The molecule has 146 valence electrons. The number of amides is 2. The Morgan fingerprint density at radius 1 is 1.15 bits per heavy atom. The SMILES string of the molecule is NN[C@@H](CCCNC(N)N)CC(=O)N[C@@H](Cc1ccc(O)cc1)C(N)=O. The Hall–Kier alpha value is -2.24. The summed E-state index contributed by atoms with van der Waals surface area (Å²) in [6, 6.07) is 5.24. The van der Waals surface area contributed by atoms with Crippen molar-refractivity contribution in [2.45, 2.75) is 44.1 Å². The van der Waals surface area contributed by atoms with Gasteiger partial charge in [-0.15, -0.1) is 0 Å². The molecule has 0 heterocycles. The molecule has 0 aliphatic carbocycles. The molecule has 1 rings (SSSR count). The summed E-state index contributed by atoms with van der Waals surface area (Å²) < 4.78 is 0. The van der Waals surface area contributed by atoms with Gasteiger partial charge in [-0.05, 0) is 37.1 Å². The van der Waals surface area contributed by atoms with Gasteiger partial charge in [-0.3, -0.25) is 26.2 Å². The van der Waals surface area contributed by atoms with E-state index in [2.05, 4.69) is 16.1 Å². The summed E-state index contributed by atoms with van der Waals surface area (Å²) in [6.45, 7) is 0.599. The number of nitrogens with one attached hydrogen (secondary N) is 3. The first kappa shape index (κ1) is 21.8. The van der Waals surface area contributed by atoms with Crippen LogP contribution < -0.4 is 39.1 Å². The van der Waals surface area contributed by atoms with Crippen LogP contribution >= 0.6 is 0 Å². The van der Waals surface area contributed by atoms with Gasteiger partial charge in [-0.25, -0.2) is 0 Å². The van der Waals surface area contributed by atoms with Gasteiger partial charge in [0.1, 0.15) is 18.1 Å². The molecule has 0 saturated carbocycles. The van der Waals surface area contributed by atoms with E-state index in [9.17, 15) is 14.7 Å². The van der Waals surface area contributed by atoms with Crippen LogP contribution in [0.1, 0.15) is 24.8 Å². The number of primary amides is 1. The zero-order valence-electron chi connectivity index (χ0n) is 14.7. The number of phenolic OH excluding ortho intramolecular Hbond substituents is 1. The van der Waals surface area contributed by atoms with Gasteiger partial charge in [-0.1, -0.05) is 12.1 Å². The second-order valence-electron chi connectivity index (χ2n) is 6.08. The van der Waals surface area contributed by atoms with Crippen molar-refractivity contribution in [2.75, 3.05) is 6.54 Å². The summed E-state index contributed by atoms with van der Waals surface area (Å²) in [5, 5.41) is 14.8. The molecule has 2 amide bonds. The van der Waals surface area contributed by atoms with Crippen LogP contribution in [-0.2, 0) is 16.0 Å². The molecule has 0 radical (unpaired) electrons. The molecule has 0 aromatic heterocycles. The Bertz CT molecular complexity index is 565. The fourth-order valence-electron chi connectivity index (χ4n) is 2.43. The average Bonchev–Trinajstić information content (AvgIpc) is 2.58. The van der Waals surface area contributed by atoms with E-state index >= 15 is 0 Å². The van der Waals surface area contributed by atoms with Gasteiger partial charge in [0.2, 0.25) is 11.8 Å². The monoisotopic (exact) mass is 367 g/mol. The Labute approximate surface area is 152 Å². The molecule has 12 N–H and O–H groups in total. The van der Waals surface area contributed by atoms with Gasteiger partial charge in [0.05, 0.1) is 0 Å². The minimum absolute atomic E-state index is 0.102. The van der Waals surface area contributed by atoms with Crippen LogP contribution in [0.3, 0.4) is 0 Å². The van der Waals surface area contributed by atoms with Crippen LogP contribution in [0.25, 0.3) is 0 Å². The zero-order valence-corrected chi connectivity index (χ0v) is 14.7. The third kappa shape index (κ3) is 8.74. The maximum absolute atomic E-state index is 12.2. The van der Waals surface area contributed by atoms with Gasteiger partial charge in [0.15, 0.2) is 0 Å². The van der Waals surface area contributed by atoms with Crippen molar-refractivity contribution in [3.05, 3.63) is 29.8 Å². The normalized spacial score (nSPS) is 13.4. The van der Waals surface area contributed by atoms with E-state index in [4.69, 9.17) is 23.0 Å². The van der Waals surface area contributed by atoms with E-state index in [1.807, 2.05) is 0 Å². The van der Waals surface area contributed by atoms with Gasteiger partial charge < -0.3 is 27.6 Å². The molecule has 0 aliphatic heterocycles. The molecule has 1 aromatic carbocycles. The van der Waals surface area contributed by atoms with Crippen LogP contribution in [0, 0.1) is 0 Å². The molecule has 1 aromatic rings. The van der Waals surface area contributed by atoms with Gasteiger partial charge in [0.25, 0.3) is 0 Å². The van der Waals surface area contributed by atoms with Gasteiger partial charge in [-0.2, -0.15) is 0 Å². The van der Waals surface area contributed by atoms with E-state index in [-0.39, 0.29) is 30.5 Å². The highest BCUT2D eigenvalue weighted by atomic mass is 16.3. The number of hydrazine groups is 1. The van der Waals surface area contributed by atoms with Gasteiger partial charge >= 0.3 is 0 Å². The predicted octanol–water partition coefficient (Wildman–Crippen LogP) is -2.30. The van der Waals surface area contributed by atoms with E-state index < -0.39 is 18.2 Å². The summed E-state index contributed by atoms with van der Waals surface area (Å²) in [7, 11) is 0. The van der Waals surface area contributed by atoms with Crippen molar-refractivity contribution in [3.63, 3.8) is 0 Å². The predicted molar refractivity (Wildman–Crippen MR) is 98.1 cm³/mol. The fourth-order valence-corrected chi connectivity index (χ4v) is 2.43. The van der Waals surface area contributed by atoms with Crippen LogP contribution in [0.15, 0.2) is 24.3 Å². The Morgan fingerprint density at radius 2 is 1.81 bits per heavy atom. The molecule has 0 aliphatic rings. The summed E-state index contributed by atoms with van der Waals surface area (Å²) in [5.41, 5.74) is 19.5. The van der Waals surface area contributed by atoms with Crippen LogP contribution in [-0.4, -0.2) is 41.8 Å². The summed E-state index contributed by atoms with van der Waals surface area (Å²) in [4.78, 5) is 23.8. The summed E-state index contributed by atoms with van der Waals surface area (Å²) in [5.74, 6) is 4.63. The molecule has 0 bridgehead atoms. The number of hydrogen-bond donors (Lipinski definition) is 8. The van der Waals surface area contributed by atoms with Crippen LogP contribution in [0.4, 0.5) is 0 Å². The lowest BCUT2D eigenvalue weighted by molar-refractivity contribution is -0.127. The standard InChI is InChI=1S/C16H29N7O3/c17-15(26)13(8-10-3-5-12(24)6-4-10)22-14(25)9-11(23-20)2-1-7-21-16(18)19/h3-6,11,13,16,21,23-24H,1-2,7-9,18-20H2,(H2,17,26)(H,22,25)/t11-,13-/m0/s1. The number of carbonyl (C=O) groups is 2. The number of carbonyl (C=O) groups excluding carboxylic acids is 2. The molecule has 0 saturated heterocycles. The maximum atomic E-state index is 12.2. The molecule has 0 unspecified atom stereocenters. The minimum Gasteiger partial charge on any atom is -0.508 e. The van der Waals surface area contributed by atoms with Crippen molar-refractivity contribution in [3.8, 4) is 5.75 Å². The molecule has 26 heavy (non-hydrogen) atoms. The molecule has 10 nitrogen and oxygen atoms in total. The molecule has 0 spiro atoms. The highest BCUT2D eigenvalue weighted by Crippen LogP contribution is 2.11. The van der Waals surface area contributed by atoms with E-state index in [0.717, 1.165) is 12.0 Å². The molecule has 0 fully saturated rings. The number of benzene rings is 1. The Kier molecular flexibility index (Phi) is 9.55. The van der Waals surface area contributed by atoms with Crippen LogP contribution in [0.5, 0.6) is 5.75 Å². The quantitative estimate of drug-likeness (QED) is 0.0873. The van der Waals surface area contributed by atoms with Crippen molar-refractivity contribution < 1.29 is 14.7 Å². The molecular formula is C16H29N7O3. The summed E-state index contributed by atoms with van der Waals surface area (Å²) >= 11 is 0. The number of rotatable bonds is 12. The Balaban J connectivity index is 2.49. The number of phenols is 1. The lowest BCUT2D eigenvalue weighted by Gasteiger charge is -2.19. The minimum atomic E-state index is -0.845. The van der Waals surface area contributed by atoms with E-state index in [1.165, 1.54) is 12.1 Å². The topological polar surface area (TPSA) is 195 Å². The number of hydrogen-bond acceptors (Lipinski definition) is 8. The largest absolute Gasteiger partial charge is 0.508 e. The lowest BCUT2D eigenvalue weighted by atomic mass is 10.0. The van der Waals surface area contributed by atoms with Crippen molar-refractivity contribution in [2.24, 2.45) is 23.0 Å². The van der Waals surface area contributed by atoms with Crippen molar-refractivity contribution in [1.82, 2.24) is 16.1 Å². The smallest absolute Gasteiger partial charge is 0.240 e.